The van der Waals surface area contributed by atoms with E-state index in [0.29, 0.717) is 11.0 Å². The minimum absolute atomic E-state index is 0.0726. The highest BCUT2D eigenvalue weighted by molar-refractivity contribution is 6.00. The topological polar surface area (TPSA) is 55.1 Å². The van der Waals surface area contributed by atoms with Crippen molar-refractivity contribution in [1.29, 1.82) is 0 Å². The fourth-order valence-corrected chi connectivity index (χ4v) is 2.23. The Kier molecular flexibility index (Phi) is 3.13. The molecule has 106 valence electrons. The highest BCUT2D eigenvalue weighted by Crippen LogP contribution is 2.20. The quantitative estimate of drug-likeness (QED) is 0.806. The Morgan fingerprint density at radius 3 is 2.81 bits per heavy atom. The Balaban J connectivity index is 2.08. The maximum absolute atomic E-state index is 13.7. The average molecular weight is 288 g/mol. The Labute approximate surface area is 118 Å². The van der Waals surface area contributed by atoms with Gasteiger partial charge in [-0.25, -0.2) is 18.6 Å². The van der Waals surface area contributed by atoms with Gasteiger partial charge in [-0.05, 0) is 30.3 Å². The van der Waals surface area contributed by atoms with Gasteiger partial charge < -0.3 is 9.67 Å². The van der Waals surface area contributed by atoms with Gasteiger partial charge in [-0.2, -0.15) is 0 Å². The molecule has 1 N–H and O–H groups in total. The van der Waals surface area contributed by atoms with Gasteiger partial charge in [-0.15, -0.1) is 0 Å². The van der Waals surface area contributed by atoms with Crippen LogP contribution in [0.25, 0.3) is 11.0 Å². The molecular formula is C15H10F2N2O2. The number of benzene rings is 2. The molecule has 0 radical (unpaired) electrons. The summed E-state index contributed by atoms with van der Waals surface area (Å²) in [5.41, 5.74) is 1.13. The lowest BCUT2D eigenvalue weighted by molar-refractivity contribution is 0.0699. The van der Waals surface area contributed by atoms with Crippen LogP contribution in [0.15, 0.2) is 42.7 Å². The van der Waals surface area contributed by atoms with Crippen molar-refractivity contribution in [2.24, 2.45) is 0 Å². The SMILES string of the molecule is O=C(O)c1cccc2c1ncn2Cc1cc(F)ccc1F. The third-order valence-corrected chi connectivity index (χ3v) is 3.23. The first-order valence-electron chi connectivity index (χ1n) is 6.17. The van der Waals surface area contributed by atoms with Crippen LogP contribution in [0.4, 0.5) is 8.78 Å². The summed E-state index contributed by atoms with van der Waals surface area (Å²) in [5.74, 6) is -2.13. The first-order valence-corrected chi connectivity index (χ1v) is 6.17. The Bertz CT molecular complexity index is 843. The molecule has 21 heavy (non-hydrogen) atoms. The summed E-state index contributed by atoms with van der Waals surface area (Å²) in [6.07, 6.45) is 1.42. The molecule has 0 bridgehead atoms. The number of imidazole rings is 1. The van der Waals surface area contributed by atoms with Crippen molar-refractivity contribution in [3.05, 3.63) is 65.5 Å². The molecule has 0 atom stereocenters. The molecule has 0 aliphatic carbocycles. The van der Waals surface area contributed by atoms with E-state index in [4.69, 9.17) is 5.11 Å². The monoisotopic (exact) mass is 288 g/mol. The van der Waals surface area contributed by atoms with E-state index in [1.165, 1.54) is 12.4 Å². The number of carboxylic acid groups (broad SMARTS) is 1. The number of rotatable bonds is 3. The molecule has 1 heterocycles. The second-order valence-corrected chi connectivity index (χ2v) is 4.59. The van der Waals surface area contributed by atoms with E-state index in [1.54, 1.807) is 16.7 Å². The molecule has 6 heteroatoms. The summed E-state index contributed by atoms with van der Waals surface area (Å²) in [6.45, 7) is 0.0726. The molecule has 0 aliphatic heterocycles. The lowest BCUT2D eigenvalue weighted by Crippen LogP contribution is -2.02. The fourth-order valence-electron chi connectivity index (χ4n) is 2.23. The van der Waals surface area contributed by atoms with Crippen LogP contribution in [-0.4, -0.2) is 20.6 Å². The van der Waals surface area contributed by atoms with Crippen molar-refractivity contribution in [3.63, 3.8) is 0 Å². The summed E-state index contributed by atoms with van der Waals surface area (Å²) in [6, 6.07) is 7.95. The van der Waals surface area contributed by atoms with E-state index >= 15 is 0 Å². The minimum atomic E-state index is -1.08. The first-order chi connectivity index (χ1) is 10.1. The zero-order valence-electron chi connectivity index (χ0n) is 10.8. The minimum Gasteiger partial charge on any atom is -0.478 e. The normalized spacial score (nSPS) is 11.0. The highest BCUT2D eigenvalue weighted by atomic mass is 19.1. The van der Waals surface area contributed by atoms with Crippen LogP contribution in [0.3, 0.4) is 0 Å². The molecule has 0 fully saturated rings. The van der Waals surface area contributed by atoms with Crippen LogP contribution in [0, 0.1) is 11.6 Å². The number of aromatic carboxylic acids is 1. The van der Waals surface area contributed by atoms with Crippen LogP contribution in [0.5, 0.6) is 0 Å². The van der Waals surface area contributed by atoms with Gasteiger partial charge in [0.25, 0.3) is 0 Å². The fraction of sp³-hybridized carbons (Fsp3) is 0.0667. The van der Waals surface area contributed by atoms with Crippen molar-refractivity contribution in [3.8, 4) is 0 Å². The standard InChI is InChI=1S/C15H10F2N2O2/c16-10-4-5-12(17)9(6-10)7-19-8-18-14-11(15(20)21)2-1-3-13(14)19/h1-6,8H,7H2,(H,20,21). The van der Waals surface area contributed by atoms with Crippen LogP contribution >= 0.6 is 0 Å². The highest BCUT2D eigenvalue weighted by Gasteiger charge is 2.13. The molecule has 1 aromatic heterocycles. The molecule has 0 spiro atoms. The summed E-state index contributed by atoms with van der Waals surface area (Å²) in [4.78, 5) is 15.2. The predicted molar refractivity (Wildman–Crippen MR) is 72.2 cm³/mol. The maximum Gasteiger partial charge on any atom is 0.337 e. The zero-order chi connectivity index (χ0) is 15.0. The van der Waals surface area contributed by atoms with Crippen LogP contribution < -0.4 is 0 Å². The summed E-state index contributed by atoms with van der Waals surface area (Å²) in [5, 5.41) is 9.10. The van der Waals surface area contributed by atoms with E-state index < -0.39 is 17.6 Å². The van der Waals surface area contributed by atoms with Crippen molar-refractivity contribution >= 4 is 17.0 Å². The maximum atomic E-state index is 13.7. The Morgan fingerprint density at radius 2 is 2.05 bits per heavy atom. The first kappa shape index (κ1) is 13.2. The third kappa shape index (κ3) is 2.35. The van der Waals surface area contributed by atoms with Crippen molar-refractivity contribution in [2.45, 2.75) is 6.54 Å². The number of hydrogen-bond acceptors (Lipinski definition) is 2. The van der Waals surface area contributed by atoms with E-state index in [9.17, 15) is 13.6 Å². The van der Waals surface area contributed by atoms with Gasteiger partial charge in [0.05, 0.1) is 24.0 Å². The number of carboxylic acids is 1. The number of para-hydroxylation sites is 1. The molecule has 0 saturated carbocycles. The van der Waals surface area contributed by atoms with Crippen molar-refractivity contribution in [2.75, 3.05) is 0 Å². The number of carbonyl (C=O) groups is 1. The van der Waals surface area contributed by atoms with Gasteiger partial charge in [0, 0.05) is 5.56 Å². The number of halogens is 2. The Hall–Kier alpha value is -2.76. The Morgan fingerprint density at radius 1 is 1.24 bits per heavy atom. The number of hydrogen-bond donors (Lipinski definition) is 1. The molecule has 2 aromatic carbocycles. The number of aromatic nitrogens is 2. The lowest BCUT2D eigenvalue weighted by atomic mass is 10.1. The molecule has 0 saturated heterocycles. The van der Waals surface area contributed by atoms with Crippen molar-refractivity contribution < 1.29 is 18.7 Å². The molecule has 3 aromatic rings. The van der Waals surface area contributed by atoms with E-state index in [2.05, 4.69) is 4.98 Å². The molecular weight excluding hydrogens is 278 g/mol. The molecule has 0 aliphatic rings. The van der Waals surface area contributed by atoms with Crippen LogP contribution in [0.1, 0.15) is 15.9 Å². The summed E-state index contributed by atoms with van der Waals surface area (Å²) >= 11 is 0. The van der Waals surface area contributed by atoms with Gasteiger partial charge in [-0.1, -0.05) is 6.07 Å². The summed E-state index contributed by atoms with van der Waals surface area (Å²) < 4.78 is 28.4. The van der Waals surface area contributed by atoms with Gasteiger partial charge in [0.1, 0.15) is 17.2 Å². The van der Waals surface area contributed by atoms with E-state index in [-0.39, 0.29) is 17.7 Å². The second kappa shape index (κ2) is 4.97. The van der Waals surface area contributed by atoms with E-state index in [1.807, 2.05) is 0 Å². The third-order valence-electron chi connectivity index (χ3n) is 3.23. The second-order valence-electron chi connectivity index (χ2n) is 4.59. The van der Waals surface area contributed by atoms with E-state index in [0.717, 1.165) is 18.2 Å². The number of nitrogens with zero attached hydrogens (tertiary/aromatic N) is 2. The van der Waals surface area contributed by atoms with Crippen molar-refractivity contribution in [1.82, 2.24) is 9.55 Å². The van der Waals surface area contributed by atoms with Gasteiger partial charge in [0.2, 0.25) is 0 Å². The molecule has 0 amide bonds. The smallest absolute Gasteiger partial charge is 0.337 e. The molecule has 4 nitrogen and oxygen atoms in total. The average Bonchev–Trinajstić information content (AvgIpc) is 2.86. The molecule has 3 rings (SSSR count). The summed E-state index contributed by atoms with van der Waals surface area (Å²) in [7, 11) is 0. The van der Waals surface area contributed by atoms with Gasteiger partial charge in [0.15, 0.2) is 0 Å². The van der Waals surface area contributed by atoms with Crippen LogP contribution in [0.2, 0.25) is 0 Å². The van der Waals surface area contributed by atoms with Crippen LogP contribution in [-0.2, 0) is 6.54 Å². The predicted octanol–water partition coefficient (Wildman–Crippen LogP) is 3.06. The number of fused-ring (bicyclic) bond motifs is 1. The lowest BCUT2D eigenvalue weighted by Gasteiger charge is -2.06. The largest absolute Gasteiger partial charge is 0.478 e. The van der Waals surface area contributed by atoms with Gasteiger partial charge >= 0.3 is 5.97 Å². The molecule has 0 unspecified atom stereocenters. The zero-order valence-corrected chi connectivity index (χ0v) is 10.8. The van der Waals surface area contributed by atoms with Gasteiger partial charge in [-0.3, -0.25) is 0 Å².